The van der Waals surface area contributed by atoms with Crippen LogP contribution in [0.25, 0.3) is 33.1 Å². The van der Waals surface area contributed by atoms with Crippen molar-refractivity contribution in [1.82, 2.24) is 19.5 Å². The van der Waals surface area contributed by atoms with Crippen molar-refractivity contribution in [3.63, 3.8) is 0 Å². The molecule has 3 heterocycles. The predicted octanol–water partition coefficient (Wildman–Crippen LogP) is 5.30. The number of nitrogens with zero attached hydrogens (tertiary/aromatic N) is 4. The topological polar surface area (TPSA) is 78.9 Å². The zero-order valence-electron chi connectivity index (χ0n) is 16.8. The van der Waals surface area contributed by atoms with Crippen LogP contribution in [0.5, 0.6) is 0 Å². The van der Waals surface area contributed by atoms with Gasteiger partial charge in [0.25, 0.3) is 0 Å². The third-order valence-corrected chi connectivity index (χ3v) is 7.43. The van der Waals surface area contributed by atoms with Crippen LogP contribution < -0.4 is 5.73 Å². The number of ether oxygens (including phenoxy) is 1. The average Bonchev–Trinajstić information content (AvgIpc) is 2.97. The number of pyridine rings is 1. The van der Waals surface area contributed by atoms with Gasteiger partial charge in [-0.15, -0.1) is 0 Å². The number of hydrogen-bond acceptors (Lipinski definition) is 5. The molecule has 0 amide bonds. The molecule has 29 heavy (non-hydrogen) atoms. The molecular formula is C21H24BrN5OSi. The van der Waals surface area contributed by atoms with Crippen LogP contribution in [-0.2, 0) is 11.5 Å². The summed E-state index contributed by atoms with van der Waals surface area (Å²) in [5, 5.41) is 1.88. The molecule has 3 aromatic heterocycles. The molecule has 4 aromatic rings. The molecule has 0 fully saturated rings. The summed E-state index contributed by atoms with van der Waals surface area (Å²) < 4.78 is 8.86. The van der Waals surface area contributed by atoms with E-state index >= 15 is 0 Å². The van der Waals surface area contributed by atoms with Crippen LogP contribution in [0.15, 0.2) is 47.5 Å². The Bertz CT molecular complexity index is 1190. The highest BCUT2D eigenvalue weighted by Crippen LogP contribution is 2.40. The Hall–Kier alpha value is -2.29. The van der Waals surface area contributed by atoms with Crippen LogP contribution in [0.3, 0.4) is 0 Å². The zero-order chi connectivity index (χ0) is 20.6. The van der Waals surface area contributed by atoms with Gasteiger partial charge in [-0.1, -0.05) is 37.8 Å². The second-order valence-electron chi connectivity index (χ2n) is 8.32. The lowest BCUT2D eigenvalue weighted by atomic mass is 10.1. The number of para-hydroxylation sites is 1. The van der Waals surface area contributed by atoms with Gasteiger partial charge in [-0.05, 0) is 34.1 Å². The lowest BCUT2D eigenvalue weighted by Gasteiger charge is -2.16. The van der Waals surface area contributed by atoms with Crippen molar-refractivity contribution in [2.75, 3.05) is 12.3 Å². The summed E-state index contributed by atoms with van der Waals surface area (Å²) in [5.41, 5.74) is 9.86. The fourth-order valence-electron chi connectivity index (χ4n) is 3.29. The van der Waals surface area contributed by atoms with Crippen molar-refractivity contribution in [2.45, 2.75) is 32.4 Å². The lowest BCUT2D eigenvalue weighted by molar-refractivity contribution is 0.0886. The Morgan fingerprint density at radius 2 is 1.93 bits per heavy atom. The number of fused-ring (bicyclic) bond motifs is 2. The first-order chi connectivity index (χ1) is 13.8. The third-order valence-electron chi connectivity index (χ3n) is 4.90. The summed E-state index contributed by atoms with van der Waals surface area (Å²) in [5.74, 6) is 0.444. The number of nitrogens with two attached hydrogens (primary N) is 1. The fourth-order valence-corrected chi connectivity index (χ4v) is 4.74. The van der Waals surface area contributed by atoms with E-state index in [4.69, 9.17) is 10.5 Å². The second kappa shape index (κ2) is 7.85. The van der Waals surface area contributed by atoms with E-state index in [1.807, 2.05) is 29.0 Å². The molecule has 6 nitrogen and oxygen atoms in total. The van der Waals surface area contributed by atoms with Gasteiger partial charge >= 0.3 is 0 Å². The Kier molecular flexibility index (Phi) is 5.41. The molecular weight excluding hydrogens is 446 g/mol. The Balaban J connectivity index is 1.78. The van der Waals surface area contributed by atoms with Crippen LogP contribution in [0.4, 0.5) is 5.82 Å². The van der Waals surface area contributed by atoms with Crippen molar-refractivity contribution in [1.29, 1.82) is 0 Å². The number of benzene rings is 1. The second-order valence-corrected chi connectivity index (χ2v) is 14.7. The highest BCUT2D eigenvalue weighted by atomic mass is 79.9. The molecule has 150 valence electrons. The molecule has 0 saturated heterocycles. The minimum atomic E-state index is -1.15. The third kappa shape index (κ3) is 4.05. The molecule has 8 heteroatoms. The quantitative estimate of drug-likeness (QED) is 0.306. The largest absolute Gasteiger partial charge is 0.383 e. The molecule has 0 aliphatic rings. The van der Waals surface area contributed by atoms with E-state index in [0.717, 1.165) is 50.3 Å². The van der Waals surface area contributed by atoms with Gasteiger partial charge in [0.15, 0.2) is 0 Å². The summed E-state index contributed by atoms with van der Waals surface area (Å²) in [4.78, 5) is 13.3. The minimum absolute atomic E-state index is 0.402. The Morgan fingerprint density at radius 1 is 1.14 bits per heavy atom. The van der Waals surface area contributed by atoms with Crippen LogP contribution in [0.1, 0.15) is 0 Å². The first-order valence-electron chi connectivity index (χ1n) is 9.56. The standard InChI is InChI=1S/C21H24BrN5OSi/c1-29(2,3)9-8-28-13-27-19(22)17(18-20(23)25-12-26-21(18)27)15-10-14-6-4-5-7-16(14)24-11-15/h4-7,10-12H,8-9,13H2,1-3H3,(H2,23,25,26). The van der Waals surface area contributed by atoms with Gasteiger partial charge in [0.2, 0.25) is 0 Å². The van der Waals surface area contributed by atoms with E-state index in [9.17, 15) is 0 Å². The van der Waals surface area contributed by atoms with Gasteiger partial charge in [0, 0.05) is 37.4 Å². The van der Waals surface area contributed by atoms with Crippen LogP contribution in [0.2, 0.25) is 25.7 Å². The molecule has 0 saturated carbocycles. The van der Waals surface area contributed by atoms with Crippen molar-refractivity contribution in [3.05, 3.63) is 47.5 Å². The normalized spacial score (nSPS) is 12.1. The summed E-state index contributed by atoms with van der Waals surface area (Å²) in [6.45, 7) is 8.16. The molecule has 0 bridgehead atoms. The first-order valence-corrected chi connectivity index (χ1v) is 14.1. The van der Waals surface area contributed by atoms with E-state index < -0.39 is 8.07 Å². The maximum absolute atomic E-state index is 6.26. The minimum Gasteiger partial charge on any atom is -0.383 e. The maximum atomic E-state index is 6.26. The molecule has 0 aliphatic carbocycles. The molecule has 0 spiro atoms. The molecule has 1 aromatic carbocycles. The summed E-state index contributed by atoms with van der Waals surface area (Å²) in [6, 6.07) is 11.3. The van der Waals surface area contributed by atoms with Crippen molar-refractivity contribution in [2.24, 2.45) is 0 Å². The predicted molar refractivity (Wildman–Crippen MR) is 124 cm³/mol. The van der Waals surface area contributed by atoms with E-state index in [1.165, 1.54) is 6.33 Å². The van der Waals surface area contributed by atoms with Crippen LogP contribution in [-0.4, -0.2) is 34.2 Å². The SMILES string of the molecule is C[Si](C)(C)CCOCn1c(Br)c(-c2cnc3ccccc3c2)c2c(N)ncnc21. The number of anilines is 1. The number of hydrogen-bond donors (Lipinski definition) is 1. The number of aromatic nitrogens is 4. The number of nitrogen functional groups attached to an aromatic ring is 1. The molecule has 0 atom stereocenters. The van der Waals surface area contributed by atoms with Gasteiger partial charge in [0.05, 0.1) is 15.5 Å². The number of halogens is 1. The zero-order valence-corrected chi connectivity index (χ0v) is 19.4. The monoisotopic (exact) mass is 469 g/mol. The van der Waals surface area contributed by atoms with E-state index in [1.54, 1.807) is 0 Å². The van der Waals surface area contributed by atoms with Crippen LogP contribution in [0, 0.1) is 0 Å². The molecule has 4 rings (SSSR count). The van der Waals surface area contributed by atoms with Gasteiger partial charge < -0.3 is 10.5 Å². The molecule has 2 N–H and O–H groups in total. The first kappa shape index (κ1) is 20.0. The summed E-state index contributed by atoms with van der Waals surface area (Å²) >= 11 is 3.76. The lowest BCUT2D eigenvalue weighted by Crippen LogP contribution is -2.22. The van der Waals surface area contributed by atoms with Crippen LogP contribution >= 0.6 is 15.9 Å². The molecule has 0 radical (unpaired) electrons. The van der Waals surface area contributed by atoms with Crippen molar-refractivity contribution < 1.29 is 4.74 Å². The number of rotatable bonds is 6. The summed E-state index contributed by atoms with van der Waals surface area (Å²) in [6.07, 6.45) is 3.36. The highest BCUT2D eigenvalue weighted by molar-refractivity contribution is 9.10. The Morgan fingerprint density at radius 3 is 2.72 bits per heavy atom. The van der Waals surface area contributed by atoms with Gasteiger partial charge in [-0.3, -0.25) is 9.55 Å². The van der Waals surface area contributed by atoms with Crippen molar-refractivity contribution in [3.8, 4) is 11.1 Å². The molecule has 0 aliphatic heterocycles. The highest BCUT2D eigenvalue weighted by Gasteiger charge is 2.21. The van der Waals surface area contributed by atoms with Crippen molar-refractivity contribution >= 4 is 51.8 Å². The Labute approximate surface area is 179 Å². The van der Waals surface area contributed by atoms with Gasteiger partial charge in [0.1, 0.15) is 24.5 Å². The average molecular weight is 470 g/mol. The van der Waals surface area contributed by atoms with E-state index in [2.05, 4.69) is 62.7 Å². The van der Waals surface area contributed by atoms with Gasteiger partial charge in [-0.25, -0.2) is 9.97 Å². The maximum Gasteiger partial charge on any atom is 0.148 e. The molecule has 0 unspecified atom stereocenters. The summed E-state index contributed by atoms with van der Waals surface area (Å²) in [7, 11) is -1.15. The van der Waals surface area contributed by atoms with E-state index in [0.29, 0.717) is 12.5 Å². The fraction of sp³-hybridized carbons (Fsp3) is 0.286. The van der Waals surface area contributed by atoms with Gasteiger partial charge in [-0.2, -0.15) is 0 Å². The van der Waals surface area contributed by atoms with E-state index in [-0.39, 0.29) is 0 Å². The smallest absolute Gasteiger partial charge is 0.148 e.